The molecule has 2 amide bonds. The highest BCUT2D eigenvalue weighted by atomic mass is 16.6. The third-order valence-electron chi connectivity index (χ3n) is 4.54. The van der Waals surface area contributed by atoms with Gasteiger partial charge in [-0.3, -0.25) is 9.78 Å². The van der Waals surface area contributed by atoms with E-state index in [1.54, 1.807) is 23.8 Å². The Morgan fingerprint density at radius 3 is 2.46 bits per heavy atom. The maximum absolute atomic E-state index is 12.9. The number of rotatable bonds is 3. The van der Waals surface area contributed by atoms with Gasteiger partial charge in [-0.2, -0.15) is 0 Å². The fourth-order valence-corrected chi connectivity index (χ4v) is 3.07. The number of hydrogen-bond acceptors (Lipinski definition) is 5. The lowest BCUT2D eigenvalue weighted by atomic mass is 10.1. The Hall–Kier alpha value is -2.83. The van der Waals surface area contributed by atoms with Crippen molar-refractivity contribution in [2.75, 3.05) is 39.9 Å². The van der Waals surface area contributed by atoms with Gasteiger partial charge in [0.25, 0.3) is 5.91 Å². The number of aromatic nitrogens is 1. The first-order valence-electron chi connectivity index (χ1n) is 8.70. The van der Waals surface area contributed by atoms with E-state index in [1.807, 2.05) is 31.2 Å². The van der Waals surface area contributed by atoms with Crippen LogP contribution in [0.4, 0.5) is 4.79 Å². The molecule has 0 saturated carbocycles. The van der Waals surface area contributed by atoms with Crippen LogP contribution in [-0.2, 0) is 4.74 Å². The summed E-state index contributed by atoms with van der Waals surface area (Å²) in [7, 11) is 1.61. The number of fused-ring (bicyclic) bond motifs is 1. The number of aryl methyl sites for hydroxylation is 1. The molecule has 7 heteroatoms. The molecule has 0 bridgehead atoms. The summed E-state index contributed by atoms with van der Waals surface area (Å²) < 4.78 is 10.3. The zero-order valence-electron chi connectivity index (χ0n) is 15.3. The number of pyridine rings is 1. The molecule has 1 fully saturated rings. The molecule has 0 atom stereocenters. The molecule has 1 aromatic carbocycles. The summed E-state index contributed by atoms with van der Waals surface area (Å²) in [5.41, 5.74) is 2.10. The molecule has 1 aliphatic heterocycles. The van der Waals surface area contributed by atoms with Crippen molar-refractivity contribution in [3.05, 3.63) is 35.5 Å². The van der Waals surface area contributed by atoms with Crippen LogP contribution in [0.1, 0.15) is 23.0 Å². The Morgan fingerprint density at radius 1 is 1.12 bits per heavy atom. The molecule has 3 rings (SSSR count). The second kappa shape index (κ2) is 7.59. The van der Waals surface area contributed by atoms with Gasteiger partial charge in [-0.25, -0.2) is 4.79 Å². The minimum atomic E-state index is -0.324. The zero-order valence-corrected chi connectivity index (χ0v) is 15.3. The molecule has 0 spiro atoms. The summed E-state index contributed by atoms with van der Waals surface area (Å²) in [4.78, 5) is 32.7. The van der Waals surface area contributed by atoms with Crippen molar-refractivity contribution in [1.82, 2.24) is 14.8 Å². The Labute approximate surface area is 152 Å². The molecule has 0 radical (unpaired) electrons. The highest BCUT2D eigenvalue weighted by Crippen LogP contribution is 2.23. The van der Waals surface area contributed by atoms with Gasteiger partial charge in [0.1, 0.15) is 5.75 Å². The molecule has 138 valence electrons. The van der Waals surface area contributed by atoms with Crippen LogP contribution in [0.3, 0.4) is 0 Å². The summed E-state index contributed by atoms with van der Waals surface area (Å²) in [6.45, 7) is 5.87. The highest BCUT2D eigenvalue weighted by Gasteiger charge is 2.26. The molecular weight excluding hydrogens is 334 g/mol. The largest absolute Gasteiger partial charge is 0.497 e. The molecule has 26 heavy (non-hydrogen) atoms. The molecular formula is C19H23N3O4. The Bertz CT molecular complexity index is 829. The Morgan fingerprint density at radius 2 is 1.81 bits per heavy atom. The van der Waals surface area contributed by atoms with Crippen molar-refractivity contribution in [3.63, 3.8) is 0 Å². The topological polar surface area (TPSA) is 72.0 Å². The molecule has 0 N–H and O–H groups in total. The second-order valence-electron chi connectivity index (χ2n) is 6.16. The average Bonchev–Trinajstić information content (AvgIpc) is 2.67. The number of nitrogens with zero attached hydrogens (tertiary/aromatic N) is 3. The minimum absolute atomic E-state index is 0.0665. The summed E-state index contributed by atoms with van der Waals surface area (Å²) in [6.07, 6.45) is -0.324. The second-order valence-corrected chi connectivity index (χ2v) is 6.16. The number of piperazine rings is 1. The molecule has 7 nitrogen and oxygen atoms in total. The molecule has 2 aromatic rings. The molecule has 1 aliphatic rings. The zero-order chi connectivity index (χ0) is 18.7. The maximum atomic E-state index is 12.9. The normalized spacial score (nSPS) is 14.4. The smallest absolute Gasteiger partial charge is 0.409 e. The first kappa shape index (κ1) is 18.0. The van der Waals surface area contributed by atoms with Crippen LogP contribution in [0.25, 0.3) is 10.9 Å². The molecule has 0 unspecified atom stereocenters. The lowest BCUT2D eigenvalue weighted by Crippen LogP contribution is -2.50. The van der Waals surface area contributed by atoms with Crippen LogP contribution >= 0.6 is 0 Å². The van der Waals surface area contributed by atoms with E-state index in [0.29, 0.717) is 44.0 Å². The van der Waals surface area contributed by atoms with Gasteiger partial charge in [-0.1, -0.05) is 0 Å². The monoisotopic (exact) mass is 357 g/mol. The quantitative estimate of drug-likeness (QED) is 0.844. The lowest BCUT2D eigenvalue weighted by molar-refractivity contribution is 0.0569. The Balaban J connectivity index is 1.77. The average molecular weight is 357 g/mol. The van der Waals surface area contributed by atoms with Gasteiger partial charge in [0.2, 0.25) is 0 Å². The van der Waals surface area contributed by atoms with E-state index in [-0.39, 0.29) is 12.0 Å². The van der Waals surface area contributed by atoms with Crippen LogP contribution in [0.2, 0.25) is 0 Å². The van der Waals surface area contributed by atoms with Crippen LogP contribution in [-0.4, -0.2) is 66.7 Å². The van der Waals surface area contributed by atoms with Gasteiger partial charge in [0, 0.05) is 31.6 Å². The first-order valence-corrected chi connectivity index (χ1v) is 8.70. The number of hydrogen-bond donors (Lipinski definition) is 0. The third kappa shape index (κ3) is 3.56. The number of ether oxygens (including phenoxy) is 2. The first-order chi connectivity index (χ1) is 12.5. The summed E-state index contributed by atoms with van der Waals surface area (Å²) in [6, 6.07) is 7.47. The van der Waals surface area contributed by atoms with Crippen molar-refractivity contribution in [3.8, 4) is 5.75 Å². The van der Waals surface area contributed by atoms with Gasteiger partial charge < -0.3 is 19.3 Å². The van der Waals surface area contributed by atoms with Crippen molar-refractivity contribution in [2.24, 2.45) is 0 Å². The van der Waals surface area contributed by atoms with Gasteiger partial charge in [-0.15, -0.1) is 0 Å². The van der Waals surface area contributed by atoms with E-state index in [0.717, 1.165) is 16.7 Å². The molecule has 2 heterocycles. The van der Waals surface area contributed by atoms with E-state index in [1.165, 1.54) is 0 Å². The van der Waals surface area contributed by atoms with Gasteiger partial charge in [0.05, 0.1) is 30.5 Å². The van der Waals surface area contributed by atoms with Crippen molar-refractivity contribution in [1.29, 1.82) is 0 Å². The van der Waals surface area contributed by atoms with E-state index < -0.39 is 0 Å². The molecule has 0 aliphatic carbocycles. The predicted molar refractivity (Wildman–Crippen MR) is 97.5 cm³/mol. The lowest BCUT2D eigenvalue weighted by Gasteiger charge is -2.34. The van der Waals surface area contributed by atoms with E-state index in [2.05, 4.69) is 4.98 Å². The van der Waals surface area contributed by atoms with Gasteiger partial charge in [0.15, 0.2) is 0 Å². The summed E-state index contributed by atoms with van der Waals surface area (Å²) in [5.74, 6) is 0.660. The van der Waals surface area contributed by atoms with E-state index in [9.17, 15) is 9.59 Å². The van der Waals surface area contributed by atoms with E-state index >= 15 is 0 Å². The Kier molecular flexibility index (Phi) is 5.25. The highest BCUT2D eigenvalue weighted by molar-refractivity contribution is 5.99. The SMILES string of the molecule is CCOC(=O)N1CCN(C(=O)c2cc3cc(OC)ccc3nc2C)CC1. The van der Waals surface area contributed by atoms with Crippen LogP contribution in [0.5, 0.6) is 5.75 Å². The number of methoxy groups -OCH3 is 1. The number of benzene rings is 1. The molecule has 1 aromatic heterocycles. The third-order valence-corrected chi connectivity index (χ3v) is 4.54. The standard InChI is InChI=1S/C19H23N3O4/c1-4-26-19(24)22-9-7-21(8-10-22)18(23)16-12-14-11-15(25-3)5-6-17(14)20-13(16)2/h5-6,11-12H,4,7-10H2,1-3H3. The van der Waals surface area contributed by atoms with Crippen molar-refractivity contribution in [2.45, 2.75) is 13.8 Å². The van der Waals surface area contributed by atoms with Crippen LogP contribution < -0.4 is 4.74 Å². The van der Waals surface area contributed by atoms with Crippen LogP contribution in [0.15, 0.2) is 24.3 Å². The predicted octanol–water partition coefficient (Wildman–Crippen LogP) is 2.47. The number of carbonyl (C=O) groups is 2. The summed E-state index contributed by atoms with van der Waals surface area (Å²) in [5, 5.41) is 0.864. The summed E-state index contributed by atoms with van der Waals surface area (Å²) >= 11 is 0. The maximum Gasteiger partial charge on any atom is 0.409 e. The molecule has 1 saturated heterocycles. The fraction of sp³-hybridized carbons (Fsp3) is 0.421. The minimum Gasteiger partial charge on any atom is -0.497 e. The van der Waals surface area contributed by atoms with Gasteiger partial charge in [-0.05, 0) is 38.1 Å². The number of amides is 2. The van der Waals surface area contributed by atoms with Crippen LogP contribution in [0, 0.1) is 6.92 Å². The van der Waals surface area contributed by atoms with E-state index in [4.69, 9.17) is 9.47 Å². The van der Waals surface area contributed by atoms with Crippen molar-refractivity contribution >= 4 is 22.9 Å². The van der Waals surface area contributed by atoms with Crippen molar-refractivity contribution < 1.29 is 19.1 Å². The fourth-order valence-electron chi connectivity index (χ4n) is 3.07. The van der Waals surface area contributed by atoms with Gasteiger partial charge >= 0.3 is 6.09 Å². The number of carbonyl (C=O) groups excluding carboxylic acids is 2.